The first-order valence-electron chi connectivity index (χ1n) is 9.41. The predicted octanol–water partition coefficient (Wildman–Crippen LogP) is 5.09. The molecule has 0 bridgehead atoms. The van der Waals surface area contributed by atoms with E-state index >= 15 is 0 Å². The number of amides is 1. The number of hydrogen-bond acceptors (Lipinski definition) is 3. The molecule has 3 nitrogen and oxygen atoms in total. The molecule has 3 unspecified atom stereocenters. The quantitative estimate of drug-likeness (QED) is 0.677. The monoisotopic (exact) mass is 386 g/mol. The van der Waals surface area contributed by atoms with Crippen LogP contribution in [0.4, 0.5) is 13.2 Å². The maximum absolute atomic E-state index is 12.8. The molecule has 0 aromatic carbocycles. The average Bonchev–Trinajstić information content (AvgIpc) is 2.85. The number of carbonyl (C=O) groups is 1. The molecule has 2 aliphatic carbocycles. The molecule has 0 radical (unpaired) electrons. The molecular formula is C19H25F3N2OS. The molecule has 3 rings (SSSR count). The van der Waals surface area contributed by atoms with Crippen LogP contribution in [0.25, 0.3) is 0 Å². The van der Waals surface area contributed by atoms with E-state index in [-0.39, 0.29) is 29.5 Å². The lowest BCUT2D eigenvalue weighted by Gasteiger charge is -2.37. The van der Waals surface area contributed by atoms with Gasteiger partial charge in [-0.1, -0.05) is 56.2 Å². The van der Waals surface area contributed by atoms with Crippen LogP contribution in [0.2, 0.25) is 0 Å². The number of amidine groups is 1. The Hall–Kier alpha value is -1.24. The second-order valence-corrected chi connectivity index (χ2v) is 8.35. The maximum Gasteiger partial charge on any atom is 0.416 e. The first-order chi connectivity index (χ1) is 12.4. The number of halogens is 3. The third kappa shape index (κ3) is 4.35. The highest BCUT2D eigenvalue weighted by Crippen LogP contribution is 2.39. The molecule has 0 aromatic rings. The number of nitrogens with zero attached hydrogens (tertiary/aromatic N) is 2. The topological polar surface area (TPSA) is 32.7 Å². The van der Waals surface area contributed by atoms with Crippen LogP contribution in [-0.4, -0.2) is 40.0 Å². The zero-order valence-corrected chi connectivity index (χ0v) is 15.8. The van der Waals surface area contributed by atoms with Gasteiger partial charge in [-0.2, -0.15) is 18.2 Å². The molecule has 0 N–H and O–H groups in total. The molecule has 1 fully saturated rings. The normalized spacial score (nSPS) is 29.5. The number of hydrogen-bond donors (Lipinski definition) is 0. The molecule has 1 amide bonds. The number of rotatable bonds is 3. The second-order valence-electron chi connectivity index (χ2n) is 7.15. The Morgan fingerprint density at radius 2 is 2.04 bits per heavy atom. The van der Waals surface area contributed by atoms with Gasteiger partial charge >= 0.3 is 6.18 Å². The smallest absolute Gasteiger partial charge is 0.344 e. The van der Waals surface area contributed by atoms with E-state index in [9.17, 15) is 18.0 Å². The average molecular weight is 386 g/mol. The summed E-state index contributed by atoms with van der Waals surface area (Å²) >= 11 is 1.66. The fraction of sp³-hybridized carbons (Fsp3) is 0.684. The van der Waals surface area contributed by atoms with E-state index in [0.29, 0.717) is 11.7 Å². The summed E-state index contributed by atoms with van der Waals surface area (Å²) in [6.07, 6.45) is 6.11. The van der Waals surface area contributed by atoms with Crippen molar-refractivity contribution in [2.24, 2.45) is 10.9 Å². The molecule has 1 saturated carbocycles. The van der Waals surface area contributed by atoms with E-state index < -0.39 is 11.7 Å². The lowest BCUT2D eigenvalue weighted by molar-refractivity contribution is -0.121. The van der Waals surface area contributed by atoms with E-state index in [4.69, 9.17) is 0 Å². The molecule has 1 heterocycles. The summed E-state index contributed by atoms with van der Waals surface area (Å²) in [5, 5.41) is 0.948. The third-order valence-corrected chi connectivity index (χ3v) is 6.65. The molecular weight excluding hydrogens is 361 g/mol. The summed E-state index contributed by atoms with van der Waals surface area (Å²) in [6, 6.07) is -0.178. The molecule has 3 atom stereocenters. The van der Waals surface area contributed by atoms with Crippen LogP contribution in [0.15, 0.2) is 28.8 Å². The summed E-state index contributed by atoms with van der Waals surface area (Å²) in [4.78, 5) is 18.9. The van der Waals surface area contributed by atoms with Gasteiger partial charge in [0.2, 0.25) is 0 Å². The Labute approximate surface area is 156 Å². The van der Waals surface area contributed by atoms with E-state index in [1.807, 2.05) is 11.8 Å². The van der Waals surface area contributed by atoms with Gasteiger partial charge in [-0.3, -0.25) is 4.79 Å². The van der Waals surface area contributed by atoms with Crippen molar-refractivity contribution in [1.29, 1.82) is 0 Å². The summed E-state index contributed by atoms with van der Waals surface area (Å²) in [7, 11) is 0. The minimum atomic E-state index is -4.31. The molecule has 7 heteroatoms. The van der Waals surface area contributed by atoms with Gasteiger partial charge in [-0.05, 0) is 25.7 Å². The first-order valence-corrected chi connectivity index (χ1v) is 10.3. The van der Waals surface area contributed by atoms with Crippen molar-refractivity contribution in [1.82, 2.24) is 4.90 Å². The molecule has 1 aliphatic heterocycles. The van der Waals surface area contributed by atoms with Gasteiger partial charge in [0.05, 0.1) is 17.5 Å². The van der Waals surface area contributed by atoms with Crippen LogP contribution in [0, 0.1) is 5.92 Å². The van der Waals surface area contributed by atoms with Crippen LogP contribution in [0.3, 0.4) is 0 Å². The number of fused-ring (bicyclic) bond motifs is 1. The van der Waals surface area contributed by atoms with Crippen LogP contribution < -0.4 is 0 Å². The Kier molecular flexibility index (Phi) is 6.15. The minimum Gasteiger partial charge on any atom is -0.344 e. The highest BCUT2D eigenvalue weighted by molar-refractivity contribution is 8.14. The Balaban J connectivity index is 1.77. The predicted molar refractivity (Wildman–Crippen MR) is 99.1 cm³/mol. The van der Waals surface area contributed by atoms with Crippen molar-refractivity contribution in [3.05, 3.63) is 23.8 Å². The minimum absolute atomic E-state index is 0.00773. The summed E-state index contributed by atoms with van der Waals surface area (Å²) in [6.45, 7) is 2.71. The van der Waals surface area contributed by atoms with Gasteiger partial charge in [0, 0.05) is 11.8 Å². The van der Waals surface area contributed by atoms with Crippen LogP contribution in [-0.2, 0) is 4.79 Å². The third-order valence-electron chi connectivity index (χ3n) is 5.25. The molecule has 0 saturated heterocycles. The van der Waals surface area contributed by atoms with Crippen LogP contribution in [0.1, 0.15) is 51.9 Å². The Bertz CT molecular complexity index is 627. The van der Waals surface area contributed by atoms with Gasteiger partial charge in [0.25, 0.3) is 5.91 Å². The van der Waals surface area contributed by atoms with E-state index in [1.165, 1.54) is 6.08 Å². The number of thioether (sulfide) groups is 1. The zero-order chi connectivity index (χ0) is 18.7. The van der Waals surface area contributed by atoms with Gasteiger partial charge in [0.1, 0.15) is 0 Å². The molecule has 0 spiro atoms. The molecule has 0 aromatic heterocycles. The maximum atomic E-state index is 12.8. The largest absolute Gasteiger partial charge is 0.416 e. The number of alkyl halides is 3. The second kappa shape index (κ2) is 8.19. The highest BCUT2D eigenvalue weighted by Gasteiger charge is 2.38. The van der Waals surface area contributed by atoms with Crippen molar-refractivity contribution >= 4 is 22.8 Å². The van der Waals surface area contributed by atoms with Gasteiger partial charge < -0.3 is 4.90 Å². The van der Waals surface area contributed by atoms with Crippen LogP contribution in [0.5, 0.6) is 0 Å². The Morgan fingerprint density at radius 1 is 1.27 bits per heavy atom. The van der Waals surface area contributed by atoms with Crippen molar-refractivity contribution in [3.63, 3.8) is 0 Å². The number of allylic oxidation sites excluding steroid dienone is 2. The summed E-state index contributed by atoms with van der Waals surface area (Å²) in [5.41, 5.74) is -0.594. The van der Waals surface area contributed by atoms with Crippen molar-refractivity contribution in [2.75, 3.05) is 6.54 Å². The van der Waals surface area contributed by atoms with Crippen molar-refractivity contribution < 1.29 is 18.0 Å². The van der Waals surface area contributed by atoms with Crippen LogP contribution >= 0.6 is 11.8 Å². The molecule has 26 heavy (non-hydrogen) atoms. The molecule has 144 valence electrons. The zero-order valence-electron chi connectivity index (χ0n) is 15.0. The lowest BCUT2D eigenvalue weighted by Crippen LogP contribution is -2.43. The number of aliphatic imine (C=N–C) groups is 1. The summed E-state index contributed by atoms with van der Waals surface area (Å²) < 4.78 is 38.5. The molecule has 3 aliphatic rings. The van der Waals surface area contributed by atoms with Gasteiger partial charge in [-0.25, -0.2) is 0 Å². The number of carbonyl (C=O) groups excluding carboxylic acids is 1. The van der Waals surface area contributed by atoms with Gasteiger partial charge in [0.15, 0.2) is 5.17 Å². The van der Waals surface area contributed by atoms with Crippen molar-refractivity contribution in [2.45, 2.75) is 69.3 Å². The standard InChI is InChI=1S/C19H25F3N2OS/c1-2-12-24(14-10-8-13(9-11-14)19(20,21)22)18-23-17(25)15-6-4-3-5-7-16(15)26-18/h8-10,14-16H,2-7,11-12H2,1H3. The fourth-order valence-corrected chi connectivity index (χ4v) is 5.34. The first kappa shape index (κ1) is 19.5. The fourth-order valence-electron chi connectivity index (χ4n) is 3.86. The summed E-state index contributed by atoms with van der Waals surface area (Å²) in [5.74, 6) is -0.0357. The van der Waals surface area contributed by atoms with Gasteiger partial charge in [-0.15, -0.1) is 0 Å². The van der Waals surface area contributed by atoms with E-state index in [0.717, 1.165) is 44.6 Å². The Morgan fingerprint density at radius 3 is 2.69 bits per heavy atom. The lowest BCUT2D eigenvalue weighted by atomic mass is 9.99. The van der Waals surface area contributed by atoms with E-state index in [2.05, 4.69) is 4.99 Å². The van der Waals surface area contributed by atoms with E-state index in [1.54, 1.807) is 17.8 Å². The van der Waals surface area contributed by atoms with Crippen molar-refractivity contribution in [3.8, 4) is 0 Å². The SMILES string of the molecule is CCCN(C1=NC(=O)C2CCCCCC2S1)C1C=CC(C(F)(F)F)=CC1. The highest BCUT2D eigenvalue weighted by atomic mass is 32.2.